The van der Waals surface area contributed by atoms with Crippen LogP contribution in [0.5, 0.6) is 0 Å². The quantitative estimate of drug-likeness (QED) is 0.868. The number of benzene rings is 1. The lowest BCUT2D eigenvalue weighted by atomic mass is 9.81. The van der Waals surface area contributed by atoms with Crippen LogP contribution in [0.3, 0.4) is 0 Å². The van der Waals surface area contributed by atoms with Gasteiger partial charge in [-0.25, -0.2) is 4.79 Å². The van der Waals surface area contributed by atoms with Gasteiger partial charge >= 0.3 is 6.03 Å². The Morgan fingerprint density at radius 2 is 1.79 bits per heavy atom. The number of carbonyl (C=O) groups is 1. The Bertz CT molecular complexity index is 552. The molecule has 2 aliphatic heterocycles. The van der Waals surface area contributed by atoms with Gasteiger partial charge in [0.25, 0.3) is 0 Å². The van der Waals surface area contributed by atoms with Crippen molar-refractivity contribution in [2.45, 2.75) is 77.4 Å². The molecule has 4 heteroatoms. The predicted octanol–water partition coefficient (Wildman–Crippen LogP) is 4.22. The van der Waals surface area contributed by atoms with Gasteiger partial charge < -0.3 is 10.6 Å². The third-order valence-electron chi connectivity index (χ3n) is 5.66. The number of amides is 2. The second-order valence-electron chi connectivity index (χ2n) is 7.51. The molecule has 2 saturated heterocycles. The normalized spacial score (nSPS) is 26.9. The second kappa shape index (κ2) is 7.56. The minimum atomic E-state index is -0.0561. The highest BCUT2D eigenvalue weighted by atomic mass is 16.2. The molecule has 0 aliphatic carbocycles. The molecule has 132 valence electrons. The van der Waals surface area contributed by atoms with E-state index in [4.69, 9.17) is 0 Å². The molecule has 2 fully saturated rings. The predicted molar refractivity (Wildman–Crippen MR) is 99.5 cm³/mol. The fourth-order valence-electron chi connectivity index (χ4n) is 4.57. The first-order chi connectivity index (χ1) is 11.6. The number of para-hydroxylation sites is 1. The molecular formula is C20H31N3O. The average molecular weight is 329 g/mol. The van der Waals surface area contributed by atoms with Gasteiger partial charge in [-0.3, -0.25) is 4.90 Å². The summed E-state index contributed by atoms with van der Waals surface area (Å²) in [6.07, 6.45) is 7.32. The Balaban J connectivity index is 1.60. The van der Waals surface area contributed by atoms with E-state index in [2.05, 4.69) is 22.5 Å². The number of nitrogens with zero attached hydrogens (tertiary/aromatic N) is 1. The number of urea groups is 1. The molecule has 4 nitrogen and oxygen atoms in total. The average Bonchev–Trinajstić information content (AvgIpc) is 2.52. The third kappa shape index (κ3) is 3.75. The molecule has 1 aromatic carbocycles. The van der Waals surface area contributed by atoms with Gasteiger partial charge in [0.05, 0.1) is 0 Å². The van der Waals surface area contributed by atoms with E-state index in [1.165, 1.54) is 32.2 Å². The van der Waals surface area contributed by atoms with Gasteiger partial charge in [-0.2, -0.15) is 0 Å². The first-order valence-electron chi connectivity index (χ1n) is 9.48. The Hall–Kier alpha value is -1.55. The molecule has 2 aliphatic rings. The lowest BCUT2D eigenvalue weighted by Gasteiger charge is -2.49. The first kappa shape index (κ1) is 17.3. The van der Waals surface area contributed by atoms with Gasteiger partial charge in [0.15, 0.2) is 0 Å². The van der Waals surface area contributed by atoms with Crippen LogP contribution in [0.1, 0.15) is 56.6 Å². The van der Waals surface area contributed by atoms with Gasteiger partial charge in [0.2, 0.25) is 0 Å². The van der Waals surface area contributed by atoms with Gasteiger partial charge in [-0.05, 0) is 63.6 Å². The van der Waals surface area contributed by atoms with E-state index in [1.54, 1.807) is 0 Å². The molecule has 0 aromatic heterocycles. The number of nitrogens with one attached hydrogen (secondary N) is 2. The molecule has 1 unspecified atom stereocenters. The summed E-state index contributed by atoms with van der Waals surface area (Å²) in [6.45, 7) is 7.54. The van der Waals surface area contributed by atoms with Crippen molar-refractivity contribution in [2.24, 2.45) is 0 Å². The molecule has 2 bridgehead atoms. The lowest BCUT2D eigenvalue weighted by molar-refractivity contribution is 0.0272. The molecule has 3 rings (SSSR count). The molecule has 0 radical (unpaired) electrons. The van der Waals surface area contributed by atoms with Crippen LogP contribution in [0.4, 0.5) is 10.5 Å². The van der Waals surface area contributed by atoms with Crippen molar-refractivity contribution in [2.75, 3.05) is 11.9 Å². The van der Waals surface area contributed by atoms with Crippen LogP contribution in [0.15, 0.2) is 18.2 Å². The smallest absolute Gasteiger partial charge is 0.319 e. The molecular weight excluding hydrogens is 298 g/mol. The summed E-state index contributed by atoms with van der Waals surface area (Å²) >= 11 is 0. The summed E-state index contributed by atoms with van der Waals surface area (Å²) < 4.78 is 0. The van der Waals surface area contributed by atoms with Crippen molar-refractivity contribution in [3.05, 3.63) is 29.3 Å². The van der Waals surface area contributed by atoms with Crippen LogP contribution in [0.2, 0.25) is 0 Å². The van der Waals surface area contributed by atoms with Crippen LogP contribution in [-0.4, -0.2) is 35.6 Å². The third-order valence-corrected chi connectivity index (χ3v) is 5.66. The van der Waals surface area contributed by atoms with Gasteiger partial charge in [0.1, 0.15) is 0 Å². The summed E-state index contributed by atoms with van der Waals surface area (Å²) in [5.74, 6) is 0. The molecule has 2 heterocycles. The molecule has 2 amide bonds. The topological polar surface area (TPSA) is 44.4 Å². The number of piperidine rings is 2. The summed E-state index contributed by atoms with van der Waals surface area (Å²) in [6, 6.07) is 7.66. The van der Waals surface area contributed by atoms with E-state index in [1.807, 2.05) is 32.0 Å². The molecule has 24 heavy (non-hydrogen) atoms. The maximum atomic E-state index is 12.5. The van der Waals surface area contributed by atoms with Crippen molar-refractivity contribution in [1.82, 2.24) is 10.2 Å². The number of anilines is 1. The van der Waals surface area contributed by atoms with Crippen LogP contribution >= 0.6 is 0 Å². The SMILES string of the molecule is CCCN1[C@@H]2CCC[C@H]1CC(NC(=O)Nc1c(C)cccc1C)C2. The van der Waals surface area contributed by atoms with E-state index >= 15 is 0 Å². The lowest BCUT2D eigenvalue weighted by Crippen LogP contribution is -2.57. The van der Waals surface area contributed by atoms with E-state index in [0.717, 1.165) is 29.7 Å². The summed E-state index contributed by atoms with van der Waals surface area (Å²) in [5.41, 5.74) is 3.16. The zero-order valence-electron chi connectivity index (χ0n) is 15.3. The van der Waals surface area contributed by atoms with E-state index in [0.29, 0.717) is 18.1 Å². The van der Waals surface area contributed by atoms with Crippen molar-refractivity contribution >= 4 is 11.7 Å². The number of rotatable bonds is 4. The Kier molecular flexibility index (Phi) is 5.44. The monoisotopic (exact) mass is 329 g/mol. The molecule has 2 N–H and O–H groups in total. The maximum Gasteiger partial charge on any atom is 0.319 e. The zero-order valence-corrected chi connectivity index (χ0v) is 15.3. The summed E-state index contributed by atoms with van der Waals surface area (Å²) in [7, 11) is 0. The Morgan fingerprint density at radius 3 is 2.38 bits per heavy atom. The molecule has 1 aromatic rings. The van der Waals surface area contributed by atoms with Crippen molar-refractivity contribution < 1.29 is 4.79 Å². The van der Waals surface area contributed by atoms with Crippen molar-refractivity contribution in [3.8, 4) is 0 Å². The van der Waals surface area contributed by atoms with Gasteiger partial charge in [-0.15, -0.1) is 0 Å². The fraction of sp³-hybridized carbons (Fsp3) is 0.650. The Morgan fingerprint density at radius 1 is 1.17 bits per heavy atom. The second-order valence-corrected chi connectivity index (χ2v) is 7.51. The van der Waals surface area contributed by atoms with E-state index < -0.39 is 0 Å². The van der Waals surface area contributed by atoms with Crippen molar-refractivity contribution in [3.63, 3.8) is 0 Å². The van der Waals surface area contributed by atoms with E-state index in [-0.39, 0.29) is 6.03 Å². The number of hydrogen-bond donors (Lipinski definition) is 2. The molecule has 3 atom stereocenters. The summed E-state index contributed by atoms with van der Waals surface area (Å²) in [5, 5.41) is 6.30. The largest absolute Gasteiger partial charge is 0.335 e. The van der Waals surface area contributed by atoms with Crippen molar-refractivity contribution in [1.29, 1.82) is 0 Å². The van der Waals surface area contributed by atoms with Crippen LogP contribution < -0.4 is 10.6 Å². The summed E-state index contributed by atoms with van der Waals surface area (Å²) in [4.78, 5) is 15.2. The minimum absolute atomic E-state index is 0.0561. The van der Waals surface area contributed by atoms with E-state index in [9.17, 15) is 4.79 Å². The number of hydrogen-bond acceptors (Lipinski definition) is 2. The highest BCUT2D eigenvalue weighted by Gasteiger charge is 2.38. The van der Waals surface area contributed by atoms with Gasteiger partial charge in [-0.1, -0.05) is 31.5 Å². The molecule has 0 saturated carbocycles. The Labute approximate surface area is 146 Å². The number of carbonyl (C=O) groups excluding carboxylic acids is 1. The number of fused-ring (bicyclic) bond motifs is 2. The highest BCUT2D eigenvalue weighted by Crippen LogP contribution is 2.34. The number of aryl methyl sites for hydroxylation is 2. The van der Waals surface area contributed by atoms with Crippen LogP contribution in [-0.2, 0) is 0 Å². The molecule has 0 spiro atoms. The standard InChI is InChI=1S/C20H31N3O/c1-4-11-23-17-9-6-10-18(23)13-16(12-17)21-20(24)22-19-14(2)7-5-8-15(19)3/h5,7-8,16-18H,4,6,9-13H2,1-3H3,(H2,21,22,24)/t16?,17-,18+. The van der Waals surface area contributed by atoms with Crippen LogP contribution in [0.25, 0.3) is 0 Å². The highest BCUT2D eigenvalue weighted by molar-refractivity contribution is 5.91. The fourth-order valence-corrected chi connectivity index (χ4v) is 4.57. The zero-order chi connectivity index (χ0) is 17.1. The minimum Gasteiger partial charge on any atom is -0.335 e. The first-order valence-corrected chi connectivity index (χ1v) is 9.48. The van der Waals surface area contributed by atoms with Crippen LogP contribution in [0, 0.1) is 13.8 Å². The maximum absolute atomic E-state index is 12.5. The van der Waals surface area contributed by atoms with Gasteiger partial charge in [0, 0.05) is 23.8 Å².